The lowest BCUT2D eigenvalue weighted by molar-refractivity contribution is 0.0956. The smallest absolute Gasteiger partial charge is 0.261 e. The Balaban J connectivity index is 1.54. The van der Waals surface area contributed by atoms with Gasteiger partial charge < -0.3 is 10.2 Å². The Morgan fingerprint density at radius 2 is 2.15 bits per heavy atom. The van der Waals surface area contributed by atoms with E-state index in [-0.39, 0.29) is 5.91 Å². The highest BCUT2D eigenvalue weighted by Crippen LogP contribution is 2.28. The van der Waals surface area contributed by atoms with Gasteiger partial charge in [0.05, 0.1) is 23.0 Å². The van der Waals surface area contributed by atoms with Crippen LogP contribution >= 0.6 is 23.1 Å². The number of rotatable bonds is 6. The Morgan fingerprint density at radius 3 is 2.89 bits per heavy atom. The number of thioether (sulfide) groups is 1. The van der Waals surface area contributed by atoms with Crippen molar-refractivity contribution in [3.63, 3.8) is 0 Å². The van der Waals surface area contributed by atoms with Gasteiger partial charge in [0.25, 0.3) is 5.91 Å². The van der Waals surface area contributed by atoms with E-state index in [4.69, 9.17) is 4.98 Å². The third-order valence-electron chi connectivity index (χ3n) is 4.65. The molecule has 142 valence electrons. The number of amides is 1. The van der Waals surface area contributed by atoms with Crippen LogP contribution in [0.5, 0.6) is 0 Å². The molecule has 0 bridgehead atoms. The zero-order valence-electron chi connectivity index (χ0n) is 15.2. The minimum absolute atomic E-state index is 0.0464. The molecule has 0 atom stereocenters. The van der Waals surface area contributed by atoms with E-state index in [1.165, 1.54) is 30.6 Å². The van der Waals surface area contributed by atoms with Gasteiger partial charge in [0, 0.05) is 19.6 Å². The molecular formula is C18H22N6OS2. The van der Waals surface area contributed by atoms with Gasteiger partial charge in [-0.15, -0.1) is 11.3 Å². The third kappa shape index (κ3) is 3.93. The molecule has 0 radical (unpaired) electrons. The van der Waals surface area contributed by atoms with Crippen molar-refractivity contribution in [3.05, 3.63) is 28.6 Å². The van der Waals surface area contributed by atoms with Crippen LogP contribution in [0.15, 0.2) is 28.9 Å². The highest BCUT2D eigenvalue weighted by atomic mass is 32.2. The first-order valence-electron chi connectivity index (χ1n) is 9.10. The van der Waals surface area contributed by atoms with Crippen LogP contribution < -0.4 is 10.2 Å². The minimum atomic E-state index is -0.0464. The van der Waals surface area contributed by atoms with E-state index >= 15 is 0 Å². The lowest BCUT2D eigenvalue weighted by Crippen LogP contribution is -2.30. The van der Waals surface area contributed by atoms with Crippen molar-refractivity contribution < 1.29 is 4.79 Å². The SMILES string of the molecule is CSc1nc(N2CCCCC2)c2cnn(CCNC(=O)c3cccs3)c2n1. The molecular weight excluding hydrogens is 380 g/mol. The summed E-state index contributed by atoms with van der Waals surface area (Å²) >= 11 is 2.98. The van der Waals surface area contributed by atoms with Crippen molar-refractivity contribution in [2.75, 3.05) is 30.8 Å². The molecule has 9 heteroatoms. The number of carbonyl (C=O) groups is 1. The summed E-state index contributed by atoms with van der Waals surface area (Å²) in [6.45, 7) is 3.14. The highest BCUT2D eigenvalue weighted by Gasteiger charge is 2.19. The Morgan fingerprint density at radius 1 is 1.30 bits per heavy atom. The number of nitrogens with zero attached hydrogens (tertiary/aromatic N) is 5. The summed E-state index contributed by atoms with van der Waals surface area (Å²) in [6, 6.07) is 3.70. The quantitative estimate of drug-likeness (QED) is 0.505. The molecule has 1 fully saturated rings. The van der Waals surface area contributed by atoms with E-state index in [1.807, 2.05) is 34.6 Å². The first-order chi connectivity index (χ1) is 13.3. The molecule has 7 nitrogen and oxygen atoms in total. The molecule has 4 heterocycles. The number of nitrogens with one attached hydrogen (secondary N) is 1. The number of fused-ring (bicyclic) bond motifs is 1. The summed E-state index contributed by atoms with van der Waals surface area (Å²) in [5.74, 6) is 0.938. The largest absolute Gasteiger partial charge is 0.356 e. The van der Waals surface area contributed by atoms with Crippen molar-refractivity contribution in [2.24, 2.45) is 0 Å². The predicted molar refractivity (Wildman–Crippen MR) is 110 cm³/mol. The maximum atomic E-state index is 12.1. The molecule has 0 aliphatic carbocycles. The van der Waals surface area contributed by atoms with Crippen LogP contribution in [0.4, 0.5) is 5.82 Å². The number of piperidine rings is 1. The number of hydrogen-bond acceptors (Lipinski definition) is 7. The molecule has 3 aromatic rings. The highest BCUT2D eigenvalue weighted by molar-refractivity contribution is 7.98. The van der Waals surface area contributed by atoms with Gasteiger partial charge in [0.15, 0.2) is 10.8 Å². The van der Waals surface area contributed by atoms with E-state index < -0.39 is 0 Å². The third-order valence-corrected chi connectivity index (χ3v) is 6.06. The average molecular weight is 403 g/mol. The van der Waals surface area contributed by atoms with E-state index in [1.54, 1.807) is 11.8 Å². The second-order valence-electron chi connectivity index (χ2n) is 6.42. The van der Waals surface area contributed by atoms with Gasteiger partial charge in [0.2, 0.25) is 0 Å². The molecule has 1 saturated heterocycles. The van der Waals surface area contributed by atoms with Crippen LogP contribution in [0.25, 0.3) is 11.0 Å². The predicted octanol–water partition coefficient (Wildman–Crippen LogP) is 3.03. The maximum absolute atomic E-state index is 12.1. The van der Waals surface area contributed by atoms with Crippen molar-refractivity contribution in [3.8, 4) is 0 Å². The Labute approximate surface area is 166 Å². The van der Waals surface area contributed by atoms with Crippen molar-refractivity contribution >= 4 is 45.9 Å². The number of thiophene rings is 1. The van der Waals surface area contributed by atoms with Gasteiger partial charge in [-0.05, 0) is 37.0 Å². The summed E-state index contributed by atoms with van der Waals surface area (Å²) in [5.41, 5.74) is 0.834. The summed E-state index contributed by atoms with van der Waals surface area (Å²) in [6.07, 6.45) is 7.52. The van der Waals surface area contributed by atoms with Crippen LogP contribution in [0.2, 0.25) is 0 Å². The summed E-state index contributed by atoms with van der Waals surface area (Å²) in [4.78, 5) is 24.6. The van der Waals surface area contributed by atoms with Crippen LogP contribution in [0, 0.1) is 0 Å². The zero-order chi connectivity index (χ0) is 18.6. The lowest BCUT2D eigenvalue weighted by atomic mass is 10.1. The number of carbonyl (C=O) groups excluding carboxylic acids is 1. The Kier molecular flexibility index (Phi) is 5.58. The second kappa shape index (κ2) is 8.26. The fourth-order valence-electron chi connectivity index (χ4n) is 3.29. The molecule has 1 aliphatic heterocycles. The lowest BCUT2D eigenvalue weighted by Gasteiger charge is -2.28. The van der Waals surface area contributed by atoms with E-state index in [2.05, 4.69) is 20.3 Å². The molecule has 27 heavy (non-hydrogen) atoms. The number of hydrogen-bond donors (Lipinski definition) is 1. The number of aromatic nitrogens is 4. The molecule has 0 saturated carbocycles. The standard InChI is InChI=1S/C18H22N6OS2/c1-26-18-21-15(23-8-3-2-4-9-23)13-12-20-24(16(13)22-18)10-7-19-17(25)14-6-5-11-27-14/h5-6,11-12H,2-4,7-10H2,1H3,(H,19,25). The van der Waals surface area contributed by atoms with Crippen molar-refractivity contribution in [2.45, 2.75) is 31.0 Å². The van der Waals surface area contributed by atoms with E-state index in [9.17, 15) is 4.79 Å². The molecule has 1 N–H and O–H groups in total. The second-order valence-corrected chi connectivity index (χ2v) is 8.14. The first-order valence-corrected chi connectivity index (χ1v) is 11.2. The summed E-state index contributed by atoms with van der Waals surface area (Å²) < 4.78 is 1.86. The average Bonchev–Trinajstić information content (AvgIpc) is 3.38. The molecule has 1 amide bonds. The molecule has 0 spiro atoms. The van der Waals surface area contributed by atoms with Crippen LogP contribution in [0.1, 0.15) is 28.9 Å². The topological polar surface area (TPSA) is 75.9 Å². The van der Waals surface area contributed by atoms with Gasteiger partial charge in [-0.1, -0.05) is 17.8 Å². The van der Waals surface area contributed by atoms with Crippen LogP contribution in [-0.4, -0.2) is 51.5 Å². The fraction of sp³-hybridized carbons (Fsp3) is 0.444. The molecule has 0 aromatic carbocycles. The van der Waals surface area contributed by atoms with Gasteiger partial charge >= 0.3 is 0 Å². The van der Waals surface area contributed by atoms with Crippen LogP contribution in [0.3, 0.4) is 0 Å². The van der Waals surface area contributed by atoms with E-state index in [0.717, 1.165) is 40.0 Å². The minimum Gasteiger partial charge on any atom is -0.356 e. The van der Waals surface area contributed by atoms with Gasteiger partial charge in [-0.2, -0.15) is 5.10 Å². The summed E-state index contributed by atoms with van der Waals surface area (Å²) in [7, 11) is 0. The van der Waals surface area contributed by atoms with E-state index in [0.29, 0.717) is 13.1 Å². The molecule has 0 unspecified atom stereocenters. The molecule has 1 aliphatic rings. The number of anilines is 1. The van der Waals surface area contributed by atoms with Gasteiger partial charge in [-0.25, -0.2) is 14.6 Å². The zero-order valence-corrected chi connectivity index (χ0v) is 16.9. The Bertz CT molecular complexity index is 917. The fourth-order valence-corrected chi connectivity index (χ4v) is 4.29. The van der Waals surface area contributed by atoms with Gasteiger partial charge in [0.1, 0.15) is 5.82 Å². The summed E-state index contributed by atoms with van der Waals surface area (Å²) in [5, 5.41) is 11.1. The van der Waals surface area contributed by atoms with Crippen molar-refractivity contribution in [1.82, 2.24) is 25.1 Å². The normalized spacial score (nSPS) is 14.6. The first kappa shape index (κ1) is 18.2. The molecule has 4 rings (SSSR count). The monoisotopic (exact) mass is 402 g/mol. The van der Waals surface area contributed by atoms with Crippen molar-refractivity contribution in [1.29, 1.82) is 0 Å². The maximum Gasteiger partial charge on any atom is 0.261 e. The van der Waals surface area contributed by atoms with Gasteiger partial charge in [-0.3, -0.25) is 4.79 Å². The molecule has 3 aromatic heterocycles. The Hall–Kier alpha value is -2.13. The van der Waals surface area contributed by atoms with Crippen LogP contribution in [-0.2, 0) is 6.54 Å².